The number of aliphatic hydroxyl groups excluding tert-OH is 1. The normalized spacial score (nSPS) is 24.3. The van der Waals surface area contributed by atoms with E-state index in [1.54, 1.807) is 12.1 Å². The molecule has 2 aliphatic heterocycles. The molecule has 3 fully saturated rings. The first-order chi connectivity index (χ1) is 16.5. The molecule has 0 amide bonds. The van der Waals surface area contributed by atoms with E-state index in [0.29, 0.717) is 68.8 Å². The first-order valence-electron chi connectivity index (χ1n) is 11.0. The zero-order valence-electron chi connectivity index (χ0n) is 18.2. The number of methoxy groups -OCH3 is 1. The van der Waals surface area contributed by atoms with Gasteiger partial charge in [0.2, 0.25) is 5.88 Å². The fourth-order valence-corrected chi connectivity index (χ4v) is 5.42. The van der Waals surface area contributed by atoms with E-state index in [4.69, 9.17) is 27.1 Å². The molecule has 2 bridgehead atoms. The van der Waals surface area contributed by atoms with Crippen LogP contribution in [0.2, 0.25) is 5.02 Å². The third-order valence-electron chi connectivity index (χ3n) is 6.91. The van der Waals surface area contributed by atoms with E-state index in [0.717, 1.165) is 6.42 Å². The molecule has 4 atom stereocenters. The average Bonchev–Trinajstić information content (AvgIpc) is 3.28. The molecule has 1 unspecified atom stereocenters. The van der Waals surface area contributed by atoms with Crippen molar-refractivity contribution >= 4 is 39.6 Å². The average molecular weight is 485 g/mol. The smallest absolute Gasteiger partial charge is 0.232 e. The molecule has 4 N–H and O–H groups in total. The molecule has 1 aliphatic carbocycles. The highest BCUT2D eigenvalue weighted by Gasteiger charge is 2.47. The number of rotatable bonds is 4. The quantitative estimate of drug-likeness (QED) is 0.398. The van der Waals surface area contributed by atoms with E-state index < -0.39 is 12.2 Å². The van der Waals surface area contributed by atoms with Crippen molar-refractivity contribution < 1.29 is 14.2 Å². The fourth-order valence-electron chi connectivity index (χ4n) is 5.13. The van der Waals surface area contributed by atoms with Gasteiger partial charge in [-0.15, -0.1) is 0 Å². The summed E-state index contributed by atoms with van der Waals surface area (Å²) in [5.41, 5.74) is 9.40. The van der Waals surface area contributed by atoms with Crippen LogP contribution in [0.1, 0.15) is 18.5 Å². The molecule has 10 nitrogen and oxygen atoms in total. The van der Waals surface area contributed by atoms with Crippen LogP contribution in [0.5, 0.6) is 5.88 Å². The summed E-state index contributed by atoms with van der Waals surface area (Å²) in [6.07, 6.45) is 1.94. The number of anilines is 1. The lowest BCUT2D eigenvalue weighted by atomic mass is 9.75. The monoisotopic (exact) mass is 484 g/mol. The predicted octanol–water partition coefficient (Wildman–Crippen LogP) is 2.38. The summed E-state index contributed by atoms with van der Waals surface area (Å²) in [6, 6.07) is 2.71. The largest absolute Gasteiger partial charge is 0.480 e. The maximum Gasteiger partial charge on any atom is 0.232 e. The fraction of sp³-hybridized carbons (Fsp3) is 0.409. The van der Waals surface area contributed by atoms with Gasteiger partial charge in [-0.25, -0.2) is 24.3 Å². The van der Waals surface area contributed by atoms with E-state index in [1.165, 1.54) is 13.3 Å². The van der Waals surface area contributed by atoms with Crippen LogP contribution in [-0.4, -0.2) is 67.1 Å². The van der Waals surface area contributed by atoms with Gasteiger partial charge < -0.3 is 20.5 Å². The van der Waals surface area contributed by atoms with E-state index in [1.807, 2.05) is 4.90 Å². The second-order valence-corrected chi connectivity index (χ2v) is 9.09. The zero-order chi connectivity index (χ0) is 23.6. The summed E-state index contributed by atoms with van der Waals surface area (Å²) in [4.78, 5) is 20.0. The van der Waals surface area contributed by atoms with Crippen LogP contribution in [0.3, 0.4) is 0 Å². The number of nitrogens with zero attached hydrogens (tertiary/aromatic N) is 6. The maximum atomic E-state index is 14.9. The number of H-pyrrole nitrogens is 1. The van der Waals surface area contributed by atoms with E-state index >= 15 is 0 Å². The predicted molar refractivity (Wildman–Crippen MR) is 124 cm³/mol. The van der Waals surface area contributed by atoms with Crippen LogP contribution in [0.15, 0.2) is 18.3 Å². The van der Waals surface area contributed by atoms with Gasteiger partial charge in [0.15, 0.2) is 11.5 Å². The summed E-state index contributed by atoms with van der Waals surface area (Å²) in [7, 11) is 1.51. The van der Waals surface area contributed by atoms with Gasteiger partial charge in [-0.3, -0.25) is 5.10 Å². The lowest BCUT2D eigenvalue weighted by Gasteiger charge is -2.51. The first kappa shape index (κ1) is 21.4. The molecule has 3 aromatic heterocycles. The second-order valence-electron chi connectivity index (χ2n) is 8.71. The van der Waals surface area contributed by atoms with Crippen molar-refractivity contribution in [2.45, 2.75) is 37.7 Å². The van der Waals surface area contributed by atoms with Gasteiger partial charge in [-0.2, -0.15) is 5.10 Å². The van der Waals surface area contributed by atoms with Crippen LogP contribution in [0.25, 0.3) is 33.5 Å². The molecule has 12 heteroatoms. The summed E-state index contributed by atoms with van der Waals surface area (Å²) in [6.45, 7) is 0.228. The van der Waals surface area contributed by atoms with Gasteiger partial charge in [0, 0.05) is 18.2 Å². The molecule has 2 saturated heterocycles. The number of hydrogen-bond acceptors (Lipinski definition) is 9. The lowest BCUT2D eigenvalue weighted by Crippen LogP contribution is -2.64. The number of hydrogen-bond donors (Lipinski definition) is 3. The number of nitrogens with one attached hydrogen (secondary N) is 1. The minimum Gasteiger partial charge on any atom is -0.480 e. The van der Waals surface area contributed by atoms with Gasteiger partial charge in [0.25, 0.3) is 0 Å². The van der Waals surface area contributed by atoms with Crippen molar-refractivity contribution in [1.82, 2.24) is 30.1 Å². The Morgan fingerprint density at radius 2 is 2.12 bits per heavy atom. The molecule has 5 heterocycles. The highest BCUT2D eigenvalue weighted by molar-refractivity contribution is 6.38. The Labute approximate surface area is 198 Å². The van der Waals surface area contributed by atoms with Gasteiger partial charge in [-0.1, -0.05) is 11.6 Å². The molecule has 7 rings (SSSR count). The molecular formula is C22H22ClFN8O2. The van der Waals surface area contributed by atoms with Crippen molar-refractivity contribution in [3.8, 4) is 17.1 Å². The van der Waals surface area contributed by atoms with E-state index in [-0.39, 0.29) is 18.6 Å². The molecule has 4 aromatic rings. The molecule has 1 aromatic carbocycles. The Morgan fingerprint density at radius 1 is 1.26 bits per heavy atom. The zero-order valence-corrected chi connectivity index (χ0v) is 19.0. The Hall–Kier alpha value is -3.15. The minimum absolute atomic E-state index is 0.0378. The standard InChI is InChI=1S/C22H22ClFN8O2/c1-34-14-6-26-11-4-3-10(15(23)19(11)28-14)18-20-21(31-30-18)29-22(12(8-33)27-20)32-7-9-2-5-13(32)16(24)17(9)25/h3-4,6,9,13,16-17,33H,2,5,7-8,25H2,1H3,(H,29,30,31)/t9?,13-,16+,17-/m0/s1. The third kappa shape index (κ3) is 3.11. The Bertz CT molecular complexity index is 1410. The van der Waals surface area contributed by atoms with Crippen LogP contribution in [-0.2, 0) is 6.61 Å². The Balaban J connectivity index is 1.46. The molecule has 34 heavy (non-hydrogen) atoms. The van der Waals surface area contributed by atoms with E-state index in [9.17, 15) is 9.50 Å². The summed E-state index contributed by atoms with van der Waals surface area (Å²) in [5, 5.41) is 17.8. The number of aliphatic hydroxyl groups is 1. The third-order valence-corrected chi connectivity index (χ3v) is 7.29. The van der Waals surface area contributed by atoms with Gasteiger partial charge in [0.1, 0.15) is 28.6 Å². The number of nitrogens with two attached hydrogens (primary N) is 1. The van der Waals surface area contributed by atoms with Crippen molar-refractivity contribution in [1.29, 1.82) is 0 Å². The number of alkyl halides is 1. The van der Waals surface area contributed by atoms with Crippen molar-refractivity contribution in [3.05, 3.63) is 29.0 Å². The summed E-state index contributed by atoms with van der Waals surface area (Å²) in [5.74, 6) is 0.831. The van der Waals surface area contributed by atoms with Crippen LogP contribution in [0.4, 0.5) is 10.2 Å². The van der Waals surface area contributed by atoms with Gasteiger partial charge >= 0.3 is 0 Å². The number of halogens is 2. The second kappa shape index (κ2) is 7.97. The summed E-state index contributed by atoms with van der Waals surface area (Å²) >= 11 is 6.69. The molecule has 1 saturated carbocycles. The van der Waals surface area contributed by atoms with Crippen molar-refractivity contribution in [2.24, 2.45) is 11.7 Å². The Morgan fingerprint density at radius 3 is 2.88 bits per heavy atom. The first-order valence-corrected chi connectivity index (χ1v) is 11.4. The lowest BCUT2D eigenvalue weighted by molar-refractivity contribution is 0.0961. The maximum absolute atomic E-state index is 14.9. The van der Waals surface area contributed by atoms with Crippen LogP contribution < -0.4 is 15.4 Å². The number of benzene rings is 1. The molecule has 3 aliphatic rings. The number of ether oxygens (including phenoxy) is 1. The van der Waals surface area contributed by atoms with Crippen LogP contribution in [0, 0.1) is 5.92 Å². The van der Waals surface area contributed by atoms with E-state index in [2.05, 4.69) is 25.1 Å². The molecular weight excluding hydrogens is 463 g/mol. The molecule has 0 spiro atoms. The van der Waals surface area contributed by atoms with Gasteiger partial charge in [0.05, 0.1) is 36.5 Å². The highest BCUT2D eigenvalue weighted by atomic mass is 35.5. The minimum atomic E-state index is -1.15. The van der Waals surface area contributed by atoms with Crippen LogP contribution >= 0.6 is 11.6 Å². The van der Waals surface area contributed by atoms with Crippen molar-refractivity contribution in [2.75, 3.05) is 18.6 Å². The highest BCUT2D eigenvalue weighted by Crippen LogP contribution is 2.40. The molecule has 176 valence electrons. The Kier molecular flexibility index (Phi) is 5.01. The molecule has 0 radical (unpaired) electrons. The SMILES string of the molecule is COc1cnc2ccc(-c3n[nH]c4nc(N5CC6CC[C@H]5[C@@H](F)[C@H]6N)c(CO)nc34)c(Cl)c2n1. The summed E-state index contributed by atoms with van der Waals surface area (Å²) < 4.78 is 20.0. The number of piperidine rings is 2. The topological polar surface area (TPSA) is 139 Å². The van der Waals surface area contributed by atoms with Gasteiger partial charge in [-0.05, 0) is 30.9 Å². The van der Waals surface area contributed by atoms with Crippen molar-refractivity contribution in [3.63, 3.8) is 0 Å². The number of fused-ring (bicyclic) bond motifs is 5. The number of aromatic amines is 1. The number of aromatic nitrogens is 6.